The molecule has 0 fully saturated rings. The average Bonchev–Trinajstić information content (AvgIpc) is 0.997. The number of phosphoric ester groups is 2. The van der Waals surface area contributed by atoms with Gasteiger partial charge in [-0.15, -0.1) is 0 Å². The van der Waals surface area contributed by atoms with Gasteiger partial charge in [-0.2, -0.15) is 0 Å². The van der Waals surface area contributed by atoms with E-state index < -0.39 is 97.5 Å². The van der Waals surface area contributed by atoms with Gasteiger partial charge in [-0.25, -0.2) is 9.13 Å². The average molecular weight is 1420 g/mol. The molecule has 0 amide bonds. The van der Waals surface area contributed by atoms with Gasteiger partial charge in [0.2, 0.25) is 0 Å². The second-order valence-electron chi connectivity index (χ2n) is 29.1. The van der Waals surface area contributed by atoms with Crippen LogP contribution in [0, 0.1) is 17.8 Å². The SMILES string of the molecule is CCCCCCCCCCCCC(=O)OC[C@H](COP(=O)(O)OC[C@H](O)COP(=O)(O)OC[C@@H](COC(=O)CCCCCCCCCCCCCCCCC(C)CC)OC(=O)CCCCCCCCCCCCCCCCCCC(C)C)OC(=O)CCCCCCCCC(C)CC. The molecule has 0 aliphatic heterocycles. The molecule has 97 heavy (non-hydrogen) atoms. The first kappa shape index (κ1) is 95.1. The van der Waals surface area contributed by atoms with Crippen molar-refractivity contribution in [3.63, 3.8) is 0 Å². The third kappa shape index (κ3) is 69.5. The van der Waals surface area contributed by atoms with Crippen LogP contribution in [0.15, 0.2) is 0 Å². The lowest BCUT2D eigenvalue weighted by Crippen LogP contribution is -2.30. The van der Waals surface area contributed by atoms with E-state index in [9.17, 15) is 43.2 Å². The van der Waals surface area contributed by atoms with Gasteiger partial charge >= 0.3 is 39.5 Å². The van der Waals surface area contributed by atoms with E-state index in [1.165, 1.54) is 212 Å². The van der Waals surface area contributed by atoms with Gasteiger partial charge in [-0.1, -0.05) is 350 Å². The fourth-order valence-electron chi connectivity index (χ4n) is 11.9. The van der Waals surface area contributed by atoms with Gasteiger partial charge in [0.25, 0.3) is 0 Å². The topological polar surface area (TPSA) is 237 Å². The fourth-order valence-corrected chi connectivity index (χ4v) is 13.5. The van der Waals surface area contributed by atoms with Crippen molar-refractivity contribution in [2.24, 2.45) is 17.8 Å². The molecule has 3 N–H and O–H groups in total. The number of unbranched alkanes of at least 4 members (excludes halogenated alkanes) is 42. The number of hydrogen-bond acceptors (Lipinski definition) is 15. The predicted octanol–water partition coefficient (Wildman–Crippen LogP) is 23.0. The maximum absolute atomic E-state index is 13.1. The molecule has 0 aromatic rings. The van der Waals surface area contributed by atoms with Crippen molar-refractivity contribution in [2.45, 2.75) is 420 Å². The van der Waals surface area contributed by atoms with Crippen molar-refractivity contribution in [1.29, 1.82) is 0 Å². The summed E-state index contributed by atoms with van der Waals surface area (Å²) in [7, 11) is -9.91. The highest BCUT2D eigenvalue weighted by Crippen LogP contribution is 2.45. The van der Waals surface area contributed by atoms with Crippen molar-refractivity contribution in [3.8, 4) is 0 Å². The van der Waals surface area contributed by atoms with Crippen LogP contribution in [-0.2, 0) is 65.4 Å². The Bertz CT molecular complexity index is 1890. The minimum atomic E-state index is -4.96. The Morgan fingerprint density at radius 1 is 0.299 bits per heavy atom. The lowest BCUT2D eigenvalue weighted by atomic mass is 9.99. The lowest BCUT2D eigenvalue weighted by molar-refractivity contribution is -0.161. The highest BCUT2D eigenvalue weighted by Gasteiger charge is 2.30. The number of esters is 4. The van der Waals surface area contributed by atoms with E-state index in [4.69, 9.17) is 37.0 Å². The second kappa shape index (κ2) is 68.5. The zero-order chi connectivity index (χ0) is 71.6. The van der Waals surface area contributed by atoms with Gasteiger partial charge in [0.05, 0.1) is 26.4 Å². The number of aliphatic hydroxyl groups is 1. The van der Waals surface area contributed by atoms with Gasteiger partial charge in [0.15, 0.2) is 12.2 Å². The third-order valence-electron chi connectivity index (χ3n) is 18.9. The molecule has 0 aliphatic carbocycles. The Labute approximate surface area is 594 Å². The summed E-state index contributed by atoms with van der Waals surface area (Å²) < 4.78 is 68.5. The first-order valence-electron chi connectivity index (χ1n) is 40.4. The van der Waals surface area contributed by atoms with E-state index >= 15 is 0 Å². The zero-order valence-corrected chi connectivity index (χ0v) is 65.3. The van der Waals surface area contributed by atoms with Crippen molar-refractivity contribution < 1.29 is 80.2 Å². The normalized spacial score (nSPS) is 14.6. The van der Waals surface area contributed by atoms with Gasteiger partial charge in [0, 0.05) is 25.7 Å². The molecule has 0 rings (SSSR count). The summed E-state index contributed by atoms with van der Waals surface area (Å²) in [5.41, 5.74) is 0. The first-order valence-corrected chi connectivity index (χ1v) is 43.4. The van der Waals surface area contributed by atoms with E-state index in [0.717, 1.165) is 108 Å². The molecule has 0 heterocycles. The van der Waals surface area contributed by atoms with Crippen molar-refractivity contribution >= 4 is 39.5 Å². The molecule has 0 aromatic heterocycles. The fraction of sp³-hybridized carbons (Fsp3) is 0.949. The van der Waals surface area contributed by atoms with Crippen LogP contribution in [0.2, 0.25) is 0 Å². The molecular formula is C78H152O17P2. The Balaban J connectivity index is 5.22. The highest BCUT2D eigenvalue weighted by molar-refractivity contribution is 7.47. The summed E-state index contributed by atoms with van der Waals surface area (Å²) in [5, 5.41) is 10.6. The number of hydrogen-bond donors (Lipinski definition) is 3. The molecule has 4 unspecified atom stereocenters. The summed E-state index contributed by atoms with van der Waals surface area (Å²) in [4.78, 5) is 72.8. The minimum absolute atomic E-state index is 0.103. The van der Waals surface area contributed by atoms with Crippen LogP contribution >= 0.6 is 15.6 Å². The standard InChI is InChI=1S/C78H152O17P2/c1-8-11-12-13-14-15-32-37-45-52-59-75(80)89-66-74(95-78(83)62-55-48-41-40-44-51-58-71(7)10-3)68-93-97(86,87)91-64-72(79)63-90-96(84,85)92-67-73(65-88-76(81)60-53-46-38-33-28-24-21-20-23-27-31-36-43-50-57-70(6)9-2)94-77(82)61-54-47-39-34-29-25-19-17-16-18-22-26-30-35-42-49-56-69(4)5/h69-74,79H,8-68H2,1-7H3,(H,84,85)(H,86,87)/t70?,71?,72-,73-,74-/m1/s1. The van der Waals surface area contributed by atoms with Crippen molar-refractivity contribution in [2.75, 3.05) is 39.6 Å². The van der Waals surface area contributed by atoms with Crippen LogP contribution in [0.25, 0.3) is 0 Å². The Hall–Kier alpha value is -1.94. The van der Waals surface area contributed by atoms with E-state index in [1.807, 2.05) is 0 Å². The van der Waals surface area contributed by atoms with Crippen molar-refractivity contribution in [3.05, 3.63) is 0 Å². The van der Waals surface area contributed by atoms with Crippen LogP contribution in [-0.4, -0.2) is 96.7 Å². The second-order valence-corrected chi connectivity index (χ2v) is 32.0. The van der Waals surface area contributed by atoms with Crippen LogP contribution in [0.4, 0.5) is 0 Å². The Morgan fingerprint density at radius 2 is 0.526 bits per heavy atom. The van der Waals surface area contributed by atoms with Crippen LogP contribution in [0.1, 0.15) is 402 Å². The molecule has 7 atom stereocenters. The molecule has 0 radical (unpaired) electrons. The monoisotopic (exact) mass is 1420 g/mol. The molecule has 0 bridgehead atoms. The first-order chi connectivity index (χ1) is 46.8. The minimum Gasteiger partial charge on any atom is -0.462 e. The van der Waals surface area contributed by atoms with Gasteiger partial charge in [0.1, 0.15) is 19.3 Å². The summed E-state index contributed by atoms with van der Waals surface area (Å²) in [6.07, 6.45) is 55.5. The number of carbonyl (C=O) groups excluding carboxylic acids is 4. The predicted molar refractivity (Wildman–Crippen MR) is 395 cm³/mol. The molecular weight excluding hydrogens is 1270 g/mol. The Kier molecular flexibility index (Phi) is 67.1. The van der Waals surface area contributed by atoms with Crippen LogP contribution in [0.5, 0.6) is 0 Å². The summed E-state index contributed by atoms with van der Waals surface area (Å²) in [6, 6.07) is 0. The molecule has 0 saturated heterocycles. The number of rotatable bonds is 76. The van der Waals surface area contributed by atoms with E-state index in [1.54, 1.807) is 0 Å². The smallest absolute Gasteiger partial charge is 0.462 e. The number of ether oxygens (including phenoxy) is 4. The molecule has 0 aliphatic rings. The van der Waals surface area contributed by atoms with E-state index in [2.05, 4.69) is 48.5 Å². The third-order valence-corrected chi connectivity index (χ3v) is 20.8. The number of carbonyl (C=O) groups is 4. The van der Waals surface area contributed by atoms with Crippen molar-refractivity contribution in [1.82, 2.24) is 0 Å². The lowest BCUT2D eigenvalue weighted by Gasteiger charge is -2.21. The van der Waals surface area contributed by atoms with Crippen LogP contribution in [0.3, 0.4) is 0 Å². The summed E-state index contributed by atoms with van der Waals surface area (Å²) in [6.45, 7) is 11.9. The maximum Gasteiger partial charge on any atom is 0.472 e. The maximum atomic E-state index is 13.1. The largest absolute Gasteiger partial charge is 0.472 e. The van der Waals surface area contributed by atoms with Gasteiger partial charge in [-0.05, 0) is 43.4 Å². The molecule has 0 spiro atoms. The summed E-state index contributed by atoms with van der Waals surface area (Å²) in [5.74, 6) is 0.261. The van der Waals surface area contributed by atoms with E-state index in [0.29, 0.717) is 25.7 Å². The van der Waals surface area contributed by atoms with E-state index in [-0.39, 0.29) is 25.7 Å². The summed E-state index contributed by atoms with van der Waals surface area (Å²) >= 11 is 0. The number of aliphatic hydroxyl groups excluding tert-OH is 1. The Morgan fingerprint density at radius 3 is 0.784 bits per heavy atom. The van der Waals surface area contributed by atoms with Gasteiger partial charge < -0.3 is 33.8 Å². The van der Waals surface area contributed by atoms with Crippen LogP contribution < -0.4 is 0 Å². The molecule has 0 saturated carbocycles. The quantitative estimate of drug-likeness (QED) is 0.0222. The molecule has 19 heteroatoms. The molecule has 0 aromatic carbocycles. The molecule has 576 valence electrons. The van der Waals surface area contributed by atoms with Gasteiger partial charge in [-0.3, -0.25) is 37.3 Å². The number of phosphoric acid groups is 2. The molecule has 17 nitrogen and oxygen atoms in total. The highest BCUT2D eigenvalue weighted by atomic mass is 31.2. The zero-order valence-electron chi connectivity index (χ0n) is 63.5.